The molecule has 3 rings (SSSR count). The minimum absolute atomic E-state index is 0. The van der Waals surface area contributed by atoms with Crippen molar-refractivity contribution in [3.8, 4) is 5.88 Å². The van der Waals surface area contributed by atoms with Crippen LogP contribution in [0.15, 0.2) is 53.7 Å². The Labute approximate surface area is 182 Å². The Morgan fingerprint density at radius 1 is 1.29 bits per heavy atom. The number of amides is 1. The van der Waals surface area contributed by atoms with Gasteiger partial charge >= 0.3 is 0 Å². The topological polar surface area (TPSA) is 78.9 Å². The number of ether oxygens (including phenoxy) is 1. The van der Waals surface area contributed by atoms with Crippen LogP contribution in [0.4, 0.5) is 0 Å². The Balaban J connectivity index is 0.00000280. The second kappa shape index (κ2) is 10.8. The molecule has 0 radical (unpaired) electrons. The number of aliphatic imine (C=N–C) groups is 1. The number of nitrogens with zero attached hydrogens (tertiary/aromatic N) is 3. The number of pyridine rings is 1. The van der Waals surface area contributed by atoms with Gasteiger partial charge in [0.2, 0.25) is 5.88 Å². The van der Waals surface area contributed by atoms with Crippen LogP contribution in [0.1, 0.15) is 22.3 Å². The molecule has 1 aliphatic rings. The standard InChI is InChI=1S/C20H25N5O2.HI/c1-21-19(26)16-8-6-15(7-9-16)13-24-20(22-2)25-12-10-17(14-25)27-18-5-3-4-11-23-18;/h3-9,11,17H,10,12-14H2,1-2H3,(H,21,26)(H,22,24);1H. The first-order valence-electron chi connectivity index (χ1n) is 9.04. The van der Waals surface area contributed by atoms with Gasteiger partial charge in [0.15, 0.2) is 5.96 Å². The molecular formula is C20H26IN5O2. The van der Waals surface area contributed by atoms with Gasteiger partial charge in [0.1, 0.15) is 6.10 Å². The van der Waals surface area contributed by atoms with E-state index < -0.39 is 0 Å². The summed E-state index contributed by atoms with van der Waals surface area (Å²) < 4.78 is 5.94. The summed E-state index contributed by atoms with van der Waals surface area (Å²) in [5.74, 6) is 1.42. The molecule has 0 spiro atoms. The van der Waals surface area contributed by atoms with Gasteiger partial charge in [0, 0.05) is 51.4 Å². The number of nitrogens with one attached hydrogen (secondary N) is 2. The third kappa shape index (κ3) is 5.82. The average molecular weight is 495 g/mol. The number of hydrogen-bond acceptors (Lipinski definition) is 4. The van der Waals surface area contributed by atoms with Crippen molar-refractivity contribution in [2.45, 2.75) is 19.1 Å². The molecule has 1 aromatic heterocycles. The maximum absolute atomic E-state index is 11.6. The molecule has 2 heterocycles. The Morgan fingerprint density at radius 3 is 2.71 bits per heavy atom. The first-order valence-corrected chi connectivity index (χ1v) is 9.04. The summed E-state index contributed by atoms with van der Waals surface area (Å²) in [6, 6.07) is 13.2. The lowest BCUT2D eigenvalue weighted by Crippen LogP contribution is -2.40. The molecule has 1 fully saturated rings. The molecule has 150 valence electrons. The van der Waals surface area contributed by atoms with Crippen LogP contribution in [-0.4, -0.2) is 55.0 Å². The first-order chi connectivity index (χ1) is 13.2. The highest BCUT2D eigenvalue weighted by atomic mass is 127. The number of hydrogen-bond donors (Lipinski definition) is 2. The monoisotopic (exact) mass is 495 g/mol. The average Bonchev–Trinajstić information content (AvgIpc) is 3.17. The van der Waals surface area contributed by atoms with Crippen molar-refractivity contribution in [3.05, 3.63) is 59.8 Å². The predicted octanol–water partition coefficient (Wildman–Crippen LogP) is 2.29. The third-order valence-corrected chi connectivity index (χ3v) is 4.48. The Morgan fingerprint density at radius 2 is 2.07 bits per heavy atom. The summed E-state index contributed by atoms with van der Waals surface area (Å²) in [4.78, 5) is 22.4. The van der Waals surface area contributed by atoms with E-state index >= 15 is 0 Å². The second-order valence-electron chi connectivity index (χ2n) is 6.32. The first kappa shape index (κ1) is 21.9. The highest BCUT2D eigenvalue weighted by molar-refractivity contribution is 14.0. The van der Waals surface area contributed by atoms with E-state index in [0.717, 1.165) is 31.0 Å². The quantitative estimate of drug-likeness (QED) is 0.378. The number of guanidine groups is 1. The summed E-state index contributed by atoms with van der Waals surface area (Å²) >= 11 is 0. The van der Waals surface area contributed by atoms with Crippen LogP contribution >= 0.6 is 24.0 Å². The number of likely N-dealkylation sites (tertiary alicyclic amines) is 1. The molecule has 1 unspecified atom stereocenters. The van der Waals surface area contributed by atoms with E-state index in [4.69, 9.17) is 4.74 Å². The normalized spacial score (nSPS) is 16.3. The Bertz CT molecular complexity index is 783. The minimum Gasteiger partial charge on any atom is -0.472 e. The maximum Gasteiger partial charge on any atom is 0.251 e. The SMILES string of the molecule is CN=C(NCc1ccc(C(=O)NC)cc1)N1CCC(Oc2ccccn2)C1.I. The molecule has 1 saturated heterocycles. The predicted molar refractivity (Wildman–Crippen MR) is 120 cm³/mol. The van der Waals surface area contributed by atoms with E-state index in [1.807, 2.05) is 42.5 Å². The highest BCUT2D eigenvalue weighted by Crippen LogP contribution is 2.16. The van der Waals surface area contributed by atoms with Crippen LogP contribution < -0.4 is 15.4 Å². The smallest absolute Gasteiger partial charge is 0.251 e. The van der Waals surface area contributed by atoms with Gasteiger partial charge in [0.25, 0.3) is 5.91 Å². The summed E-state index contributed by atoms with van der Waals surface area (Å²) in [6.45, 7) is 2.29. The van der Waals surface area contributed by atoms with Crippen LogP contribution in [-0.2, 0) is 6.54 Å². The van der Waals surface area contributed by atoms with Gasteiger partial charge in [0.05, 0.1) is 6.54 Å². The van der Waals surface area contributed by atoms with Crippen LogP contribution in [0.3, 0.4) is 0 Å². The number of carbonyl (C=O) groups excluding carboxylic acids is 1. The lowest BCUT2D eigenvalue weighted by Gasteiger charge is -2.21. The van der Waals surface area contributed by atoms with Crippen molar-refractivity contribution in [3.63, 3.8) is 0 Å². The summed E-state index contributed by atoms with van der Waals surface area (Å²) in [7, 11) is 3.41. The van der Waals surface area contributed by atoms with Gasteiger partial charge < -0.3 is 20.3 Å². The van der Waals surface area contributed by atoms with E-state index in [1.54, 1.807) is 20.3 Å². The third-order valence-electron chi connectivity index (χ3n) is 4.48. The molecule has 0 aliphatic carbocycles. The molecule has 2 aromatic rings. The van der Waals surface area contributed by atoms with Crippen LogP contribution in [0.5, 0.6) is 5.88 Å². The highest BCUT2D eigenvalue weighted by Gasteiger charge is 2.26. The molecule has 28 heavy (non-hydrogen) atoms. The van der Waals surface area contributed by atoms with Crippen molar-refractivity contribution in [2.24, 2.45) is 4.99 Å². The van der Waals surface area contributed by atoms with Crippen LogP contribution in [0, 0.1) is 0 Å². The molecule has 1 atom stereocenters. The zero-order valence-electron chi connectivity index (χ0n) is 16.1. The fraction of sp³-hybridized carbons (Fsp3) is 0.350. The van der Waals surface area contributed by atoms with E-state index in [9.17, 15) is 4.79 Å². The molecule has 1 aromatic carbocycles. The summed E-state index contributed by atoms with van der Waals surface area (Å²) in [6.07, 6.45) is 2.76. The van der Waals surface area contributed by atoms with Gasteiger partial charge in [-0.1, -0.05) is 18.2 Å². The van der Waals surface area contributed by atoms with Gasteiger partial charge in [-0.3, -0.25) is 9.79 Å². The number of rotatable bonds is 5. The fourth-order valence-electron chi connectivity index (χ4n) is 3.04. The number of benzene rings is 1. The van der Waals surface area contributed by atoms with Crippen LogP contribution in [0.25, 0.3) is 0 Å². The van der Waals surface area contributed by atoms with Crippen LogP contribution in [0.2, 0.25) is 0 Å². The second-order valence-corrected chi connectivity index (χ2v) is 6.32. The molecule has 7 nitrogen and oxygen atoms in total. The number of aromatic nitrogens is 1. The summed E-state index contributed by atoms with van der Waals surface area (Å²) in [5.41, 5.74) is 1.74. The number of carbonyl (C=O) groups is 1. The van der Waals surface area contributed by atoms with Gasteiger partial charge in [-0.15, -0.1) is 24.0 Å². The van der Waals surface area contributed by atoms with Gasteiger partial charge in [-0.25, -0.2) is 4.98 Å². The van der Waals surface area contributed by atoms with E-state index in [0.29, 0.717) is 18.0 Å². The van der Waals surface area contributed by atoms with Crippen molar-refractivity contribution >= 4 is 35.8 Å². The minimum atomic E-state index is -0.0821. The fourth-order valence-corrected chi connectivity index (χ4v) is 3.04. The Hall–Kier alpha value is -2.36. The molecule has 0 bridgehead atoms. The Kier molecular flexibility index (Phi) is 8.49. The lowest BCUT2D eigenvalue weighted by molar-refractivity contribution is 0.0963. The molecule has 2 N–H and O–H groups in total. The van der Waals surface area contributed by atoms with Crippen molar-refractivity contribution < 1.29 is 9.53 Å². The van der Waals surface area contributed by atoms with E-state index in [-0.39, 0.29) is 36.0 Å². The maximum atomic E-state index is 11.6. The van der Waals surface area contributed by atoms with E-state index in [2.05, 4.69) is 25.5 Å². The van der Waals surface area contributed by atoms with Crippen molar-refractivity contribution in [1.82, 2.24) is 20.5 Å². The molecule has 0 saturated carbocycles. The van der Waals surface area contributed by atoms with Crippen molar-refractivity contribution in [2.75, 3.05) is 27.2 Å². The largest absolute Gasteiger partial charge is 0.472 e. The zero-order chi connectivity index (χ0) is 19.1. The molecule has 1 amide bonds. The lowest BCUT2D eigenvalue weighted by atomic mass is 10.1. The molecule has 1 aliphatic heterocycles. The van der Waals surface area contributed by atoms with Gasteiger partial charge in [-0.2, -0.15) is 0 Å². The van der Waals surface area contributed by atoms with Crippen molar-refractivity contribution in [1.29, 1.82) is 0 Å². The van der Waals surface area contributed by atoms with Gasteiger partial charge in [-0.05, 0) is 23.8 Å². The summed E-state index contributed by atoms with van der Waals surface area (Å²) in [5, 5.41) is 6.00. The van der Waals surface area contributed by atoms with E-state index in [1.165, 1.54) is 0 Å². The molecular weight excluding hydrogens is 469 g/mol. The molecule has 8 heteroatoms. The zero-order valence-corrected chi connectivity index (χ0v) is 18.4. The number of halogens is 1.